The summed E-state index contributed by atoms with van der Waals surface area (Å²) in [6, 6.07) is 3.30. The predicted octanol–water partition coefficient (Wildman–Crippen LogP) is 2.59. The maximum atomic E-state index is 11.9. The van der Waals surface area contributed by atoms with Crippen molar-refractivity contribution in [2.75, 3.05) is 5.32 Å². The van der Waals surface area contributed by atoms with Crippen LogP contribution in [0.15, 0.2) is 24.5 Å². The summed E-state index contributed by atoms with van der Waals surface area (Å²) in [5.41, 5.74) is 1.26. The van der Waals surface area contributed by atoms with Crippen molar-refractivity contribution in [3.63, 3.8) is 0 Å². The van der Waals surface area contributed by atoms with Crippen molar-refractivity contribution in [1.82, 2.24) is 15.0 Å². The van der Waals surface area contributed by atoms with E-state index in [-0.39, 0.29) is 11.6 Å². The van der Waals surface area contributed by atoms with E-state index in [1.54, 1.807) is 18.3 Å². The second-order valence-corrected chi connectivity index (χ2v) is 4.66. The minimum absolute atomic E-state index is 0.198. The number of anilines is 1. The molecule has 0 saturated heterocycles. The molecule has 2 aromatic rings. The zero-order chi connectivity index (χ0) is 12.5. The number of carbonyl (C=O) groups excluding carboxylic acids is 1. The van der Waals surface area contributed by atoms with Gasteiger partial charge in [0.1, 0.15) is 5.69 Å². The van der Waals surface area contributed by atoms with Crippen molar-refractivity contribution in [3.05, 3.63) is 40.9 Å². The second-order valence-electron chi connectivity index (χ2n) is 4.25. The summed E-state index contributed by atoms with van der Waals surface area (Å²) in [5, 5.41) is 2.97. The number of pyridine rings is 1. The summed E-state index contributed by atoms with van der Waals surface area (Å²) in [6.07, 6.45) is 5.65. The molecule has 0 bridgehead atoms. The minimum Gasteiger partial charge on any atom is -0.328 e. The van der Waals surface area contributed by atoms with Gasteiger partial charge >= 0.3 is 0 Å². The van der Waals surface area contributed by atoms with E-state index >= 15 is 0 Å². The van der Waals surface area contributed by atoms with Gasteiger partial charge in [-0.15, -0.1) is 0 Å². The summed E-state index contributed by atoms with van der Waals surface area (Å²) in [4.78, 5) is 23.1. The van der Waals surface area contributed by atoms with Crippen molar-refractivity contribution in [1.29, 1.82) is 0 Å². The monoisotopic (exact) mass is 262 g/mol. The van der Waals surface area contributed by atoms with Gasteiger partial charge in [-0.05, 0) is 25.0 Å². The Kier molecular flexibility index (Phi) is 2.76. The smallest absolute Gasteiger partial charge is 0.278 e. The molecule has 1 fully saturated rings. The number of hydrogen-bond donors (Lipinski definition) is 2. The fourth-order valence-electron chi connectivity index (χ4n) is 1.72. The van der Waals surface area contributed by atoms with Crippen LogP contribution in [0.25, 0.3) is 0 Å². The molecule has 0 aliphatic heterocycles. The third kappa shape index (κ3) is 2.22. The zero-order valence-corrected chi connectivity index (χ0v) is 10.2. The fraction of sp³-hybridized carbons (Fsp3) is 0.250. The molecule has 92 valence electrons. The summed E-state index contributed by atoms with van der Waals surface area (Å²) >= 11 is 5.90. The van der Waals surface area contributed by atoms with E-state index in [4.69, 9.17) is 11.6 Å². The van der Waals surface area contributed by atoms with E-state index in [2.05, 4.69) is 20.3 Å². The largest absolute Gasteiger partial charge is 0.328 e. The highest BCUT2D eigenvalue weighted by Gasteiger charge is 2.25. The Bertz CT molecular complexity index is 591. The molecule has 0 atom stereocenters. The molecule has 2 N–H and O–H groups in total. The number of rotatable bonds is 3. The van der Waals surface area contributed by atoms with Gasteiger partial charge in [-0.3, -0.25) is 10.1 Å². The summed E-state index contributed by atoms with van der Waals surface area (Å²) in [5.74, 6) is 0.641. The molecule has 0 aromatic carbocycles. The van der Waals surface area contributed by atoms with E-state index in [1.807, 2.05) is 0 Å². The van der Waals surface area contributed by atoms with Crippen LogP contribution in [-0.2, 0) is 0 Å². The van der Waals surface area contributed by atoms with Crippen LogP contribution in [-0.4, -0.2) is 20.9 Å². The quantitative estimate of drug-likeness (QED) is 0.893. The van der Waals surface area contributed by atoms with Crippen LogP contribution in [0, 0.1) is 0 Å². The van der Waals surface area contributed by atoms with Crippen molar-refractivity contribution >= 4 is 23.5 Å². The Morgan fingerprint density at radius 3 is 3.00 bits per heavy atom. The highest BCUT2D eigenvalue weighted by atomic mass is 35.5. The first-order valence-electron chi connectivity index (χ1n) is 5.71. The SMILES string of the molecule is O=C(Nc1ncc(C2CC2)[nH]1)c1ncccc1Cl. The normalized spacial score (nSPS) is 14.5. The maximum absolute atomic E-state index is 11.9. The molecule has 0 radical (unpaired) electrons. The Balaban J connectivity index is 1.75. The van der Waals surface area contributed by atoms with Crippen LogP contribution >= 0.6 is 11.6 Å². The number of aromatic nitrogens is 3. The van der Waals surface area contributed by atoms with Gasteiger partial charge in [-0.2, -0.15) is 0 Å². The zero-order valence-electron chi connectivity index (χ0n) is 9.48. The molecule has 2 aromatic heterocycles. The van der Waals surface area contributed by atoms with Crippen LogP contribution in [0.4, 0.5) is 5.95 Å². The van der Waals surface area contributed by atoms with Crippen molar-refractivity contribution < 1.29 is 4.79 Å². The molecule has 1 saturated carbocycles. The minimum atomic E-state index is -0.364. The number of carbonyl (C=O) groups is 1. The highest BCUT2D eigenvalue weighted by Crippen LogP contribution is 2.39. The molecule has 1 aliphatic rings. The lowest BCUT2D eigenvalue weighted by atomic mass is 10.3. The number of aromatic amines is 1. The van der Waals surface area contributed by atoms with Gasteiger partial charge in [0, 0.05) is 17.8 Å². The molecule has 5 nitrogen and oxygen atoms in total. The van der Waals surface area contributed by atoms with Gasteiger partial charge in [0.25, 0.3) is 5.91 Å². The molecule has 0 unspecified atom stereocenters. The van der Waals surface area contributed by atoms with Gasteiger partial charge in [0.15, 0.2) is 0 Å². The molecular weight excluding hydrogens is 252 g/mol. The van der Waals surface area contributed by atoms with Gasteiger partial charge in [-0.25, -0.2) is 9.97 Å². The molecule has 1 amide bonds. The van der Waals surface area contributed by atoms with E-state index in [9.17, 15) is 4.79 Å². The van der Waals surface area contributed by atoms with Crippen molar-refractivity contribution in [3.8, 4) is 0 Å². The third-order valence-corrected chi connectivity index (χ3v) is 3.12. The number of imidazole rings is 1. The number of nitrogens with zero attached hydrogens (tertiary/aromatic N) is 2. The lowest BCUT2D eigenvalue weighted by Gasteiger charge is -2.02. The first-order valence-corrected chi connectivity index (χ1v) is 6.08. The second kappa shape index (κ2) is 4.42. The molecule has 0 spiro atoms. The van der Waals surface area contributed by atoms with E-state index in [0.717, 1.165) is 5.69 Å². The fourth-order valence-corrected chi connectivity index (χ4v) is 1.93. The van der Waals surface area contributed by atoms with Gasteiger partial charge in [-0.1, -0.05) is 11.6 Å². The Hall–Kier alpha value is -1.88. The topological polar surface area (TPSA) is 70.7 Å². The standard InChI is InChI=1S/C12H11ClN4O/c13-8-2-1-5-14-10(8)11(18)17-12-15-6-9(16-12)7-3-4-7/h1-2,5-7H,3-4H2,(H2,15,16,17,18). The van der Waals surface area contributed by atoms with E-state index in [0.29, 0.717) is 16.9 Å². The summed E-state index contributed by atoms with van der Waals surface area (Å²) in [7, 11) is 0. The number of amides is 1. The Morgan fingerprint density at radius 1 is 1.44 bits per heavy atom. The third-order valence-electron chi connectivity index (χ3n) is 2.82. The molecule has 1 aliphatic carbocycles. The molecular formula is C12H11ClN4O. The van der Waals surface area contributed by atoms with Crippen LogP contribution in [0.1, 0.15) is 34.9 Å². The molecule has 6 heteroatoms. The van der Waals surface area contributed by atoms with Gasteiger partial charge in [0.2, 0.25) is 5.95 Å². The summed E-state index contributed by atoms with van der Waals surface area (Å²) in [6.45, 7) is 0. The lowest BCUT2D eigenvalue weighted by Crippen LogP contribution is -2.15. The highest BCUT2D eigenvalue weighted by molar-refractivity contribution is 6.34. The van der Waals surface area contributed by atoms with Gasteiger partial charge in [0.05, 0.1) is 11.2 Å². The van der Waals surface area contributed by atoms with Crippen LogP contribution < -0.4 is 5.32 Å². The molecule has 2 heterocycles. The van der Waals surface area contributed by atoms with E-state index in [1.165, 1.54) is 19.0 Å². The predicted molar refractivity (Wildman–Crippen MR) is 67.8 cm³/mol. The Morgan fingerprint density at radius 2 is 2.28 bits per heavy atom. The van der Waals surface area contributed by atoms with Gasteiger partial charge < -0.3 is 4.98 Å². The first kappa shape index (κ1) is 11.2. The maximum Gasteiger partial charge on any atom is 0.278 e. The average molecular weight is 263 g/mol. The van der Waals surface area contributed by atoms with Crippen LogP contribution in [0.5, 0.6) is 0 Å². The molecule has 18 heavy (non-hydrogen) atoms. The number of halogens is 1. The lowest BCUT2D eigenvalue weighted by molar-refractivity contribution is 0.102. The number of nitrogens with one attached hydrogen (secondary N) is 2. The van der Waals surface area contributed by atoms with Crippen molar-refractivity contribution in [2.45, 2.75) is 18.8 Å². The van der Waals surface area contributed by atoms with Crippen LogP contribution in [0.3, 0.4) is 0 Å². The number of hydrogen-bond acceptors (Lipinski definition) is 3. The number of H-pyrrole nitrogens is 1. The summed E-state index contributed by atoms with van der Waals surface area (Å²) < 4.78 is 0. The first-order chi connectivity index (χ1) is 8.74. The van der Waals surface area contributed by atoms with Crippen LogP contribution in [0.2, 0.25) is 5.02 Å². The average Bonchev–Trinajstić information content (AvgIpc) is 3.11. The molecule has 3 rings (SSSR count). The van der Waals surface area contributed by atoms with E-state index < -0.39 is 0 Å². The van der Waals surface area contributed by atoms with Crippen molar-refractivity contribution in [2.24, 2.45) is 0 Å². The Labute approximate surface area is 109 Å².